The molecule has 0 saturated carbocycles. The number of halogens is 1. The number of carbonyl (C=O) groups excluding carboxylic acids is 1. The Morgan fingerprint density at radius 2 is 1.95 bits per heavy atom. The molecule has 1 amide bonds. The molecule has 7 heteroatoms. The molecule has 0 unspecified atom stereocenters. The molecule has 1 aromatic heterocycles. The maximum Gasteiger partial charge on any atom is 0.258 e. The minimum Gasteiger partial charge on any atom is -0.495 e. The summed E-state index contributed by atoms with van der Waals surface area (Å²) in [5, 5.41) is 3.23. The fourth-order valence-corrected chi connectivity index (χ4v) is 1.81. The van der Waals surface area contributed by atoms with Crippen molar-refractivity contribution in [2.45, 2.75) is 0 Å². The summed E-state index contributed by atoms with van der Waals surface area (Å²) in [6, 6.07) is 4.99. The average Bonchev–Trinajstić information content (AvgIpc) is 2.47. The number of methoxy groups -OCH3 is 1. The van der Waals surface area contributed by atoms with E-state index in [4.69, 9.17) is 16.3 Å². The highest BCUT2D eigenvalue weighted by atomic mass is 35.5. The van der Waals surface area contributed by atoms with E-state index in [0.717, 1.165) is 0 Å². The number of amides is 1. The van der Waals surface area contributed by atoms with E-state index < -0.39 is 0 Å². The second-order valence-electron chi connectivity index (χ2n) is 4.46. The summed E-state index contributed by atoms with van der Waals surface area (Å²) in [6.45, 7) is 0. The summed E-state index contributed by atoms with van der Waals surface area (Å²) in [4.78, 5) is 22.1. The van der Waals surface area contributed by atoms with Crippen LogP contribution in [0.5, 0.6) is 5.75 Å². The van der Waals surface area contributed by atoms with Crippen LogP contribution < -0.4 is 15.0 Å². The number of nitrogens with one attached hydrogen (secondary N) is 1. The predicted molar refractivity (Wildman–Crippen MR) is 82.3 cm³/mol. The summed E-state index contributed by atoms with van der Waals surface area (Å²) in [5.74, 6) is 0.728. The lowest BCUT2D eigenvalue weighted by atomic mass is 10.2. The first kappa shape index (κ1) is 15.1. The first-order valence-electron chi connectivity index (χ1n) is 6.15. The monoisotopic (exact) mass is 306 g/mol. The summed E-state index contributed by atoms with van der Waals surface area (Å²) in [5.41, 5.74) is 0.842. The molecule has 2 rings (SSSR count). The van der Waals surface area contributed by atoms with Gasteiger partial charge >= 0.3 is 0 Å². The van der Waals surface area contributed by atoms with Gasteiger partial charge in [0.25, 0.3) is 5.91 Å². The van der Waals surface area contributed by atoms with Gasteiger partial charge in [0.15, 0.2) is 0 Å². The van der Waals surface area contributed by atoms with Crippen molar-refractivity contribution in [1.82, 2.24) is 9.97 Å². The van der Waals surface area contributed by atoms with Gasteiger partial charge in [-0.1, -0.05) is 11.6 Å². The Labute approximate surface area is 127 Å². The van der Waals surface area contributed by atoms with Gasteiger partial charge in [-0.15, -0.1) is 0 Å². The Bertz CT molecular complexity index is 644. The van der Waals surface area contributed by atoms with E-state index in [0.29, 0.717) is 28.0 Å². The largest absolute Gasteiger partial charge is 0.495 e. The molecule has 0 radical (unpaired) electrons. The molecular formula is C14H15ClN4O2. The zero-order chi connectivity index (χ0) is 15.4. The predicted octanol–water partition coefficient (Wildman–Crippen LogP) is 2.46. The van der Waals surface area contributed by atoms with Crippen molar-refractivity contribution in [2.75, 3.05) is 31.4 Å². The maximum absolute atomic E-state index is 12.2. The van der Waals surface area contributed by atoms with Crippen molar-refractivity contribution < 1.29 is 9.53 Å². The van der Waals surface area contributed by atoms with Crippen LogP contribution in [0.25, 0.3) is 0 Å². The number of rotatable bonds is 4. The van der Waals surface area contributed by atoms with Crippen LogP contribution in [0.4, 0.5) is 11.6 Å². The SMILES string of the molecule is COc1ccc(Cl)cc1NC(=O)c1cnc(N(C)C)nc1. The summed E-state index contributed by atoms with van der Waals surface area (Å²) >= 11 is 5.92. The summed E-state index contributed by atoms with van der Waals surface area (Å²) in [6.07, 6.45) is 2.93. The highest BCUT2D eigenvalue weighted by Gasteiger charge is 2.11. The lowest BCUT2D eigenvalue weighted by molar-refractivity contribution is 0.102. The van der Waals surface area contributed by atoms with Gasteiger partial charge in [-0.05, 0) is 18.2 Å². The minimum atomic E-state index is -0.333. The minimum absolute atomic E-state index is 0.333. The number of ether oxygens (including phenoxy) is 1. The molecule has 1 N–H and O–H groups in total. The molecule has 21 heavy (non-hydrogen) atoms. The zero-order valence-corrected chi connectivity index (χ0v) is 12.7. The lowest BCUT2D eigenvalue weighted by Gasteiger charge is -2.11. The number of anilines is 2. The zero-order valence-electron chi connectivity index (χ0n) is 11.9. The van der Waals surface area contributed by atoms with Gasteiger partial charge in [0.2, 0.25) is 5.95 Å². The van der Waals surface area contributed by atoms with Crippen molar-refractivity contribution in [1.29, 1.82) is 0 Å². The average molecular weight is 307 g/mol. The highest BCUT2D eigenvalue weighted by molar-refractivity contribution is 6.31. The number of carbonyl (C=O) groups is 1. The molecule has 0 spiro atoms. The number of hydrogen-bond donors (Lipinski definition) is 1. The van der Waals surface area contributed by atoms with Gasteiger partial charge in [0.1, 0.15) is 5.75 Å². The Hall–Kier alpha value is -2.34. The Balaban J connectivity index is 2.19. The Morgan fingerprint density at radius 1 is 1.29 bits per heavy atom. The second kappa shape index (κ2) is 6.41. The quantitative estimate of drug-likeness (QED) is 0.940. The van der Waals surface area contributed by atoms with Crippen LogP contribution in [-0.2, 0) is 0 Å². The number of hydrogen-bond acceptors (Lipinski definition) is 5. The summed E-state index contributed by atoms with van der Waals surface area (Å²) < 4.78 is 5.18. The van der Waals surface area contributed by atoms with Crippen molar-refractivity contribution in [3.63, 3.8) is 0 Å². The van der Waals surface area contributed by atoms with E-state index in [9.17, 15) is 4.79 Å². The van der Waals surface area contributed by atoms with Gasteiger partial charge in [-0.2, -0.15) is 0 Å². The van der Waals surface area contributed by atoms with E-state index in [2.05, 4.69) is 15.3 Å². The number of nitrogens with zero attached hydrogens (tertiary/aromatic N) is 3. The number of aromatic nitrogens is 2. The molecule has 2 aromatic rings. The molecule has 0 aliphatic rings. The fraction of sp³-hybridized carbons (Fsp3) is 0.214. The van der Waals surface area contributed by atoms with Gasteiger partial charge in [-0.3, -0.25) is 4.79 Å². The summed E-state index contributed by atoms with van der Waals surface area (Å²) in [7, 11) is 5.17. The first-order valence-corrected chi connectivity index (χ1v) is 6.53. The van der Waals surface area contributed by atoms with Crippen molar-refractivity contribution >= 4 is 29.1 Å². The van der Waals surface area contributed by atoms with Crippen LogP contribution in [0.2, 0.25) is 5.02 Å². The third-order valence-electron chi connectivity index (χ3n) is 2.71. The molecule has 0 bridgehead atoms. The number of benzene rings is 1. The molecule has 0 fully saturated rings. The third-order valence-corrected chi connectivity index (χ3v) is 2.95. The Morgan fingerprint density at radius 3 is 2.52 bits per heavy atom. The maximum atomic E-state index is 12.2. The fourth-order valence-electron chi connectivity index (χ4n) is 1.64. The van der Waals surface area contributed by atoms with E-state index >= 15 is 0 Å². The second-order valence-corrected chi connectivity index (χ2v) is 4.90. The van der Waals surface area contributed by atoms with E-state index in [1.807, 2.05) is 14.1 Å². The normalized spacial score (nSPS) is 10.1. The van der Waals surface area contributed by atoms with Gasteiger partial charge in [0, 0.05) is 31.5 Å². The van der Waals surface area contributed by atoms with E-state index in [-0.39, 0.29) is 5.91 Å². The van der Waals surface area contributed by atoms with Crippen molar-refractivity contribution in [3.05, 3.63) is 41.2 Å². The van der Waals surface area contributed by atoms with Crippen molar-refractivity contribution in [3.8, 4) is 5.75 Å². The molecule has 0 atom stereocenters. The van der Waals surface area contributed by atoms with Crippen LogP contribution in [-0.4, -0.2) is 37.1 Å². The molecule has 110 valence electrons. The first-order chi connectivity index (χ1) is 10.0. The van der Waals surface area contributed by atoms with Crippen LogP contribution in [0.1, 0.15) is 10.4 Å². The topological polar surface area (TPSA) is 67.3 Å². The van der Waals surface area contributed by atoms with Crippen LogP contribution >= 0.6 is 11.6 Å². The molecule has 1 aromatic carbocycles. The molecular weight excluding hydrogens is 292 g/mol. The van der Waals surface area contributed by atoms with E-state index in [1.54, 1.807) is 23.1 Å². The molecule has 6 nitrogen and oxygen atoms in total. The van der Waals surface area contributed by atoms with Crippen molar-refractivity contribution in [2.24, 2.45) is 0 Å². The smallest absolute Gasteiger partial charge is 0.258 e. The van der Waals surface area contributed by atoms with Gasteiger partial charge in [-0.25, -0.2) is 9.97 Å². The third kappa shape index (κ3) is 3.61. The van der Waals surface area contributed by atoms with Crippen LogP contribution in [0.3, 0.4) is 0 Å². The van der Waals surface area contributed by atoms with Crippen LogP contribution in [0, 0.1) is 0 Å². The molecule has 0 aliphatic carbocycles. The lowest BCUT2D eigenvalue weighted by Crippen LogP contribution is -2.16. The van der Waals surface area contributed by atoms with E-state index in [1.165, 1.54) is 19.5 Å². The molecule has 1 heterocycles. The van der Waals surface area contributed by atoms with Gasteiger partial charge < -0.3 is 15.0 Å². The molecule has 0 aliphatic heterocycles. The van der Waals surface area contributed by atoms with Gasteiger partial charge in [0.05, 0.1) is 18.4 Å². The standard InChI is InChI=1S/C14H15ClN4O2/c1-19(2)14-16-7-9(8-17-14)13(20)18-11-6-10(15)4-5-12(11)21-3/h4-8H,1-3H3,(H,18,20). The van der Waals surface area contributed by atoms with Crippen LogP contribution in [0.15, 0.2) is 30.6 Å². The highest BCUT2D eigenvalue weighted by Crippen LogP contribution is 2.28. The Kier molecular flexibility index (Phi) is 4.59. The molecule has 0 saturated heterocycles.